The molecule has 1 unspecified atom stereocenters. The monoisotopic (exact) mass is 281 g/mol. The average Bonchev–Trinajstić information content (AvgIpc) is 3.00. The van der Waals surface area contributed by atoms with E-state index in [2.05, 4.69) is 10.4 Å². The van der Waals surface area contributed by atoms with E-state index in [4.69, 9.17) is 0 Å². The van der Waals surface area contributed by atoms with E-state index in [0.717, 1.165) is 11.3 Å². The fraction of sp³-hybridized carbons (Fsp3) is 0.118. The summed E-state index contributed by atoms with van der Waals surface area (Å²) >= 11 is 0. The quantitative estimate of drug-likeness (QED) is 0.777. The molecule has 0 aliphatic rings. The predicted molar refractivity (Wildman–Crippen MR) is 82.0 cm³/mol. The van der Waals surface area contributed by atoms with Crippen molar-refractivity contribution in [2.75, 3.05) is 5.32 Å². The molecule has 106 valence electrons. The normalized spacial score (nSPS) is 12.1. The van der Waals surface area contributed by atoms with Crippen molar-refractivity contribution in [2.45, 2.75) is 13.0 Å². The van der Waals surface area contributed by atoms with Crippen molar-refractivity contribution in [3.8, 4) is 5.69 Å². The highest BCUT2D eigenvalue weighted by molar-refractivity contribution is 5.46. The molecule has 0 bridgehead atoms. The summed E-state index contributed by atoms with van der Waals surface area (Å²) in [5.41, 5.74) is 2.50. The molecule has 0 amide bonds. The third-order valence-corrected chi connectivity index (χ3v) is 3.37. The number of nitrogens with one attached hydrogen (secondary N) is 1. The van der Waals surface area contributed by atoms with Gasteiger partial charge in [-0.25, -0.2) is 9.07 Å². The van der Waals surface area contributed by atoms with E-state index in [-0.39, 0.29) is 11.9 Å². The zero-order valence-electron chi connectivity index (χ0n) is 11.7. The van der Waals surface area contributed by atoms with Gasteiger partial charge in [0.15, 0.2) is 0 Å². The minimum Gasteiger partial charge on any atom is -0.376 e. The molecule has 0 saturated carbocycles. The van der Waals surface area contributed by atoms with E-state index < -0.39 is 0 Å². The maximum Gasteiger partial charge on any atom is 0.146 e. The highest BCUT2D eigenvalue weighted by Crippen LogP contribution is 2.21. The smallest absolute Gasteiger partial charge is 0.146 e. The van der Waals surface area contributed by atoms with Crippen LogP contribution in [0.2, 0.25) is 0 Å². The first-order valence-corrected chi connectivity index (χ1v) is 6.85. The lowest BCUT2D eigenvalue weighted by Crippen LogP contribution is -2.07. The Morgan fingerprint density at radius 2 is 1.76 bits per heavy atom. The molecule has 1 heterocycles. The Balaban J connectivity index is 1.79. The van der Waals surface area contributed by atoms with Crippen molar-refractivity contribution in [1.82, 2.24) is 9.78 Å². The summed E-state index contributed by atoms with van der Waals surface area (Å²) in [7, 11) is 0. The third kappa shape index (κ3) is 2.94. The molecule has 1 aromatic heterocycles. The molecule has 3 aromatic rings. The van der Waals surface area contributed by atoms with Gasteiger partial charge in [0, 0.05) is 11.8 Å². The van der Waals surface area contributed by atoms with Gasteiger partial charge < -0.3 is 5.32 Å². The van der Waals surface area contributed by atoms with E-state index >= 15 is 0 Å². The largest absolute Gasteiger partial charge is 0.376 e. The summed E-state index contributed by atoms with van der Waals surface area (Å²) in [6.07, 6.45) is 3.75. The molecule has 1 atom stereocenters. The molecule has 0 radical (unpaired) electrons. The number of halogens is 1. The Morgan fingerprint density at radius 3 is 2.52 bits per heavy atom. The molecule has 21 heavy (non-hydrogen) atoms. The molecular weight excluding hydrogens is 265 g/mol. The Labute approximate surface area is 123 Å². The van der Waals surface area contributed by atoms with Crippen LogP contribution in [0.3, 0.4) is 0 Å². The molecular formula is C17H16FN3. The number of rotatable bonds is 4. The van der Waals surface area contributed by atoms with E-state index in [1.807, 2.05) is 54.2 Å². The Hall–Kier alpha value is -2.62. The van der Waals surface area contributed by atoms with Gasteiger partial charge in [-0.1, -0.05) is 30.3 Å². The molecule has 0 saturated heterocycles. The van der Waals surface area contributed by atoms with Crippen molar-refractivity contribution >= 4 is 5.69 Å². The van der Waals surface area contributed by atoms with Gasteiger partial charge in [-0.3, -0.25) is 0 Å². The van der Waals surface area contributed by atoms with E-state index in [0.29, 0.717) is 5.69 Å². The first-order valence-electron chi connectivity index (χ1n) is 6.85. The molecule has 0 spiro atoms. The van der Waals surface area contributed by atoms with Crippen molar-refractivity contribution in [1.29, 1.82) is 0 Å². The minimum absolute atomic E-state index is 0.0284. The molecule has 3 nitrogen and oxygen atoms in total. The number of aromatic nitrogens is 2. The molecule has 4 heteroatoms. The predicted octanol–water partition coefficient (Wildman–Crippen LogP) is 4.18. The average molecular weight is 281 g/mol. The first-order chi connectivity index (χ1) is 10.2. The standard InChI is InChI=1S/C17H16FN3/c1-13(20-17-10-6-5-9-16(17)18)14-11-19-21(12-14)15-7-3-2-4-8-15/h2-13,20H,1H3. The lowest BCUT2D eigenvalue weighted by molar-refractivity contribution is 0.627. The molecule has 3 rings (SSSR count). The number of para-hydroxylation sites is 2. The zero-order chi connectivity index (χ0) is 14.7. The van der Waals surface area contributed by atoms with Crippen LogP contribution in [0.4, 0.5) is 10.1 Å². The number of hydrogen-bond donors (Lipinski definition) is 1. The summed E-state index contributed by atoms with van der Waals surface area (Å²) < 4.78 is 15.5. The maximum atomic E-state index is 13.7. The molecule has 0 fully saturated rings. The van der Waals surface area contributed by atoms with Crippen LogP contribution in [-0.2, 0) is 0 Å². The van der Waals surface area contributed by atoms with Crippen LogP contribution >= 0.6 is 0 Å². The Kier molecular flexibility index (Phi) is 3.69. The summed E-state index contributed by atoms with van der Waals surface area (Å²) in [6.45, 7) is 1.98. The third-order valence-electron chi connectivity index (χ3n) is 3.37. The van der Waals surface area contributed by atoms with Crippen LogP contribution < -0.4 is 5.32 Å². The van der Waals surface area contributed by atoms with Crippen molar-refractivity contribution in [3.63, 3.8) is 0 Å². The SMILES string of the molecule is CC(Nc1ccccc1F)c1cnn(-c2ccccc2)c1. The van der Waals surface area contributed by atoms with E-state index in [9.17, 15) is 4.39 Å². The lowest BCUT2D eigenvalue weighted by Gasteiger charge is -2.14. The summed E-state index contributed by atoms with van der Waals surface area (Å²) in [5.74, 6) is -0.250. The van der Waals surface area contributed by atoms with Crippen molar-refractivity contribution in [3.05, 3.63) is 78.4 Å². The van der Waals surface area contributed by atoms with Gasteiger partial charge in [-0.15, -0.1) is 0 Å². The number of benzene rings is 2. The Bertz CT molecular complexity index is 722. The fourth-order valence-corrected chi connectivity index (χ4v) is 2.18. The highest BCUT2D eigenvalue weighted by Gasteiger charge is 2.10. The minimum atomic E-state index is -0.250. The van der Waals surface area contributed by atoms with Gasteiger partial charge in [0.05, 0.1) is 23.6 Å². The van der Waals surface area contributed by atoms with E-state index in [1.54, 1.807) is 18.3 Å². The van der Waals surface area contributed by atoms with Gasteiger partial charge in [0.25, 0.3) is 0 Å². The Morgan fingerprint density at radius 1 is 1.05 bits per heavy atom. The highest BCUT2D eigenvalue weighted by atomic mass is 19.1. The summed E-state index contributed by atoms with van der Waals surface area (Å²) in [6, 6.07) is 16.5. The number of hydrogen-bond acceptors (Lipinski definition) is 2. The van der Waals surface area contributed by atoms with Crippen LogP contribution in [0.15, 0.2) is 67.0 Å². The molecule has 2 aromatic carbocycles. The number of anilines is 1. The van der Waals surface area contributed by atoms with Crippen LogP contribution in [0, 0.1) is 5.82 Å². The lowest BCUT2D eigenvalue weighted by atomic mass is 10.2. The van der Waals surface area contributed by atoms with Crippen molar-refractivity contribution < 1.29 is 4.39 Å². The first kappa shape index (κ1) is 13.4. The van der Waals surface area contributed by atoms with Crippen LogP contribution in [0.25, 0.3) is 5.69 Å². The van der Waals surface area contributed by atoms with Crippen LogP contribution in [0.5, 0.6) is 0 Å². The second-order valence-corrected chi connectivity index (χ2v) is 4.90. The second-order valence-electron chi connectivity index (χ2n) is 4.90. The molecule has 0 aliphatic heterocycles. The van der Waals surface area contributed by atoms with Crippen LogP contribution in [0.1, 0.15) is 18.5 Å². The van der Waals surface area contributed by atoms with Crippen molar-refractivity contribution in [2.24, 2.45) is 0 Å². The van der Waals surface area contributed by atoms with Gasteiger partial charge in [0.1, 0.15) is 5.82 Å². The van der Waals surface area contributed by atoms with Gasteiger partial charge in [-0.05, 0) is 31.2 Å². The van der Waals surface area contributed by atoms with Gasteiger partial charge in [0.2, 0.25) is 0 Å². The van der Waals surface area contributed by atoms with Crippen LogP contribution in [-0.4, -0.2) is 9.78 Å². The van der Waals surface area contributed by atoms with E-state index in [1.165, 1.54) is 6.07 Å². The zero-order valence-corrected chi connectivity index (χ0v) is 11.7. The second kappa shape index (κ2) is 5.79. The topological polar surface area (TPSA) is 29.9 Å². The van der Waals surface area contributed by atoms with Gasteiger partial charge in [-0.2, -0.15) is 5.10 Å². The number of nitrogens with zero attached hydrogens (tertiary/aromatic N) is 2. The maximum absolute atomic E-state index is 13.7. The fourth-order valence-electron chi connectivity index (χ4n) is 2.18. The summed E-state index contributed by atoms with van der Waals surface area (Å²) in [4.78, 5) is 0. The van der Waals surface area contributed by atoms with Gasteiger partial charge >= 0.3 is 0 Å². The molecule has 0 aliphatic carbocycles. The summed E-state index contributed by atoms with van der Waals surface area (Å²) in [5, 5.41) is 7.52. The molecule has 1 N–H and O–H groups in total.